The first kappa shape index (κ1) is 12.6. The molecule has 0 saturated heterocycles. The molecule has 94 valence electrons. The van der Waals surface area contributed by atoms with Gasteiger partial charge in [0, 0.05) is 5.69 Å². The van der Waals surface area contributed by atoms with E-state index in [1.807, 2.05) is 12.1 Å². The number of carbonyl (C=O) groups is 1. The van der Waals surface area contributed by atoms with E-state index in [1.54, 1.807) is 19.9 Å². The maximum Gasteiger partial charge on any atom is 0.332 e. The van der Waals surface area contributed by atoms with E-state index in [0.29, 0.717) is 5.69 Å². The van der Waals surface area contributed by atoms with Gasteiger partial charge in [-0.15, -0.1) is 0 Å². The third-order valence-electron chi connectivity index (χ3n) is 3.35. The fraction of sp³-hybridized carbons (Fsp3) is 0.500. The summed E-state index contributed by atoms with van der Waals surface area (Å²) in [4.78, 5) is 16.4. The summed E-state index contributed by atoms with van der Waals surface area (Å²) in [5.74, 6) is -0.530. The lowest BCUT2D eigenvalue weighted by atomic mass is 9.87. The number of ether oxygens (including phenoxy) is 1. The Morgan fingerprint density at radius 1 is 1.56 bits per heavy atom. The largest absolute Gasteiger partial charge is 0.465 e. The maximum absolute atomic E-state index is 11.9. The first-order chi connectivity index (χ1) is 8.61. The molecule has 0 aliphatic heterocycles. The van der Waals surface area contributed by atoms with Crippen molar-refractivity contribution >= 4 is 5.97 Å². The maximum atomic E-state index is 11.9. The van der Waals surface area contributed by atoms with Crippen LogP contribution in [0.3, 0.4) is 0 Å². The molecule has 1 atom stereocenters. The number of esters is 1. The van der Waals surface area contributed by atoms with Crippen LogP contribution < -0.4 is 0 Å². The molecule has 1 heterocycles. The molecule has 1 aliphatic rings. The highest BCUT2D eigenvalue weighted by molar-refractivity contribution is 5.85. The van der Waals surface area contributed by atoms with Crippen molar-refractivity contribution in [3.63, 3.8) is 0 Å². The summed E-state index contributed by atoms with van der Waals surface area (Å²) in [5.41, 5.74) is 1.42. The number of aryl methyl sites for hydroxylation is 2. The molecule has 0 spiro atoms. The molecule has 2 rings (SSSR count). The third-order valence-corrected chi connectivity index (χ3v) is 3.35. The fourth-order valence-corrected chi connectivity index (χ4v) is 2.18. The van der Waals surface area contributed by atoms with Gasteiger partial charge in [-0.3, -0.25) is 4.98 Å². The molecule has 0 N–H and O–H groups in total. The van der Waals surface area contributed by atoms with Crippen LogP contribution in [0.4, 0.5) is 0 Å². The summed E-state index contributed by atoms with van der Waals surface area (Å²) in [7, 11) is 0. The first-order valence-electron chi connectivity index (χ1n) is 6.19. The van der Waals surface area contributed by atoms with Crippen LogP contribution in [0.2, 0.25) is 0 Å². The molecular weight excluding hydrogens is 228 g/mol. The number of carbonyl (C=O) groups excluding carboxylic acids is 1. The Morgan fingerprint density at radius 3 is 3.00 bits per heavy atom. The molecule has 18 heavy (non-hydrogen) atoms. The second-order valence-corrected chi connectivity index (χ2v) is 4.61. The van der Waals surface area contributed by atoms with Gasteiger partial charge in [-0.2, -0.15) is 5.26 Å². The van der Waals surface area contributed by atoms with E-state index in [4.69, 9.17) is 4.74 Å². The third kappa shape index (κ3) is 1.97. The Bertz CT molecular complexity index is 519. The van der Waals surface area contributed by atoms with E-state index >= 15 is 0 Å². The number of hydrogen-bond acceptors (Lipinski definition) is 4. The number of aromatic nitrogens is 1. The van der Waals surface area contributed by atoms with Gasteiger partial charge in [-0.1, -0.05) is 6.07 Å². The van der Waals surface area contributed by atoms with E-state index in [-0.39, 0.29) is 6.61 Å². The Morgan fingerprint density at radius 2 is 2.33 bits per heavy atom. The summed E-state index contributed by atoms with van der Waals surface area (Å²) in [6, 6.07) is 5.77. The van der Waals surface area contributed by atoms with E-state index in [2.05, 4.69) is 4.98 Å². The monoisotopic (exact) mass is 244 g/mol. The van der Waals surface area contributed by atoms with Gasteiger partial charge >= 0.3 is 5.97 Å². The Kier molecular flexibility index (Phi) is 3.33. The Labute approximate surface area is 107 Å². The lowest BCUT2D eigenvalue weighted by Gasteiger charge is -2.19. The van der Waals surface area contributed by atoms with Gasteiger partial charge in [0.2, 0.25) is 0 Å². The summed E-state index contributed by atoms with van der Waals surface area (Å²) in [5, 5.41) is 9.29. The quantitative estimate of drug-likeness (QED) is 0.762. The lowest BCUT2D eigenvalue weighted by molar-refractivity contribution is -0.147. The second kappa shape index (κ2) is 4.77. The zero-order chi connectivity index (χ0) is 13.2. The van der Waals surface area contributed by atoms with Crippen LogP contribution in [-0.4, -0.2) is 17.6 Å². The van der Waals surface area contributed by atoms with Crippen molar-refractivity contribution in [1.29, 1.82) is 5.26 Å². The van der Waals surface area contributed by atoms with Crippen LogP contribution in [0.5, 0.6) is 0 Å². The highest BCUT2D eigenvalue weighted by Gasteiger charge is 2.39. The molecule has 1 aromatic rings. The zero-order valence-electron chi connectivity index (χ0n) is 10.7. The summed E-state index contributed by atoms with van der Waals surface area (Å²) in [6.45, 7) is 3.56. The molecule has 1 unspecified atom stereocenters. The van der Waals surface area contributed by atoms with Crippen molar-refractivity contribution in [1.82, 2.24) is 4.98 Å². The molecule has 0 amide bonds. The van der Waals surface area contributed by atoms with Crippen LogP contribution in [0.15, 0.2) is 12.1 Å². The van der Waals surface area contributed by atoms with Crippen LogP contribution in [0, 0.1) is 11.3 Å². The van der Waals surface area contributed by atoms with Crippen molar-refractivity contribution in [3.05, 3.63) is 29.1 Å². The molecule has 0 radical (unpaired) electrons. The number of hydrogen-bond donors (Lipinski definition) is 0. The molecule has 4 nitrogen and oxygen atoms in total. The standard InChI is InChI=1S/C14H16N2O2/c1-3-18-13(17)14(2,9-15)12-8-7-10-5-4-6-11(10)16-12/h7-8H,3-6H2,1-2H3. The van der Waals surface area contributed by atoms with Gasteiger partial charge in [0.05, 0.1) is 18.4 Å². The summed E-state index contributed by atoms with van der Waals surface area (Å²) in [6.07, 6.45) is 3.05. The van der Waals surface area contributed by atoms with E-state index in [9.17, 15) is 10.1 Å². The van der Waals surface area contributed by atoms with Gasteiger partial charge in [0.25, 0.3) is 0 Å². The highest BCUT2D eigenvalue weighted by Crippen LogP contribution is 2.27. The second-order valence-electron chi connectivity index (χ2n) is 4.61. The van der Waals surface area contributed by atoms with Crippen LogP contribution in [0.1, 0.15) is 37.2 Å². The normalized spacial score (nSPS) is 16.5. The van der Waals surface area contributed by atoms with E-state index < -0.39 is 11.4 Å². The summed E-state index contributed by atoms with van der Waals surface area (Å²) >= 11 is 0. The number of pyridine rings is 1. The molecule has 0 fully saturated rings. The van der Waals surface area contributed by atoms with Crippen molar-refractivity contribution in [2.24, 2.45) is 0 Å². The topological polar surface area (TPSA) is 63.0 Å². The van der Waals surface area contributed by atoms with Gasteiger partial charge < -0.3 is 4.74 Å². The smallest absolute Gasteiger partial charge is 0.332 e. The van der Waals surface area contributed by atoms with E-state index in [1.165, 1.54) is 5.56 Å². The lowest BCUT2D eigenvalue weighted by Crippen LogP contribution is -2.34. The minimum absolute atomic E-state index is 0.265. The van der Waals surface area contributed by atoms with Crippen LogP contribution in [-0.2, 0) is 27.8 Å². The predicted octanol–water partition coefficient (Wildman–Crippen LogP) is 1.91. The molecule has 4 heteroatoms. The van der Waals surface area contributed by atoms with Crippen LogP contribution >= 0.6 is 0 Å². The van der Waals surface area contributed by atoms with Crippen LogP contribution in [0.25, 0.3) is 0 Å². The minimum atomic E-state index is -1.31. The molecule has 0 bridgehead atoms. The van der Waals surface area contributed by atoms with E-state index in [0.717, 1.165) is 25.0 Å². The number of fused-ring (bicyclic) bond motifs is 1. The average molecular weight is 244 g/mol. The molecule has 1 aliphatic carbocycles. The molecule has 0 saturated carbocycles. The SMILES string of the molecule is CCOC(=O)C(C)(C#N)c1ccc2c(n1)CCC2. The Balaban J connectivity index is 2.39. The van der Waals surface area contributed by atoms with Gasteiger partial charge in [0.15, 0.2) is 5.41 Å². The van der Waals surface area contributed by atoms with Crippen molar-refractivity contribution in [3.8, 4) is 6.07 Å². The van der Waals surface area contributed by atoms with Crippen molar-refractivity contribution < 1.29 is 9.53 Å². The highest BCUT2D eigenvalue weighted by atomic mass is 16.5. The molecule has 1 aromatic heterocycles. The fourth-order valence-electron chi connectivity index (χ4n) is 2.18. The zero-order valence-corrected chi connectivity index (χ0v) is 10.7. The molecular formula is C14H16N2O2. The molecule has 0 aromatic carbocycles. The first-order valence-corrected chi connectivity index (χ1v) is 6.19. The number of rotatable bonds is 3. The van der Waals surface area contributed by atoms with Crippen molar-refractivity contribution in [2.75, 3.05) is 6.61 Å². The minimum Gasteiger partial charge on any atom is -0.465 e. The van der Waals surface area contributed by atoms with Gasteiger partial charge in [-0.25, -0.2) is 4.79 Å². The number of nitriles is 1. The van der Waals surface area contributed by atoms with Crippen molar-refractivity contribution in [2.45, 2.75) is 38.5 Å². The van der Waals surface area contributed by atoms with Gasteiger partial charge in [0.1, 0.15) is 0 Å². The Hall–Kier alpha value is -1.89. The summed E-state index contributed by atoms with van der Waals surface area (Å²) < 4.78 is 4.97. The predicted molar refractivity (Wildman–Crippen MR) is 65.9 cm³/mol. The van der Waals surface area contributed by atoms with Gasteiger partial charge in [-0.05, 0) is 44.7 Å². The number of nitrogens with zero attached hydrogens (tertiary/aromatic N) is 2. The average Bonchev–Trinajstić information content (AvgIpc) is 2.85.